The van der Waals surface area contributed by atoms with E-state index in [0.717, 1.165) is 38.8 Å². The number of nitrogens with zero attached hydrogens (tertiary/aromatic N) is 1. The van der Waals surface area contributed by atoms with Gasteiger partial charge in [-0.25, -0.2) is 0 Å². The molecule has 120 valence electrons. The first-order valence-corrected chi connectivity index (χ1v) is 8.43. The molecule has 0 aliphatic carbocycles. The highest BCUT2D eigenvalue weighted by Crippen LogP contribution is 2.24. The fourth-order valence-corrected chi connectivity index (χ4v) is 2.96. The van der Waals surface area contributed by atoms with Gasteiger partial charge in [0.2, 0.25) is 0 Å². The largest absolute Gasteiger partial charge is 0.380 e. The van der Waals surface area contributed by atoms with Gasteiger partial charge in [0.15, 0.2) is 0 Å². The molecule has 0 amide bonds. The SMILES string of the molecule is CCC1(C)CNC(CC(C)C)CN1CCOCC(C)C. The molecule has 0 spiro atoms. The molecule has 2 unspecified atom stereocenters. The molecule has 0 radical (unpaired) electrons. The molecule has 1 N–H and O–H groups in total. The van der Waals surface area contributed by atoms with Crippen molar-refractivity contribution in [3.8, 4) is 0 Å². The van der Waals surface area contributed by atoms with E-state index in [0.29, 0.717) is 12.0 Å². The van der Waals surface area contributed by atoms with E-state index in [9.17, 15) is 0 Å². The number of rotatable bonds is 8. The summed E-state index contributed by atoms with van der Waals surface area (Å²) in [5.74, 6) is 1.39. The predicted octanol–water partition coefficient (Wildman–Crippen LogP) is 3.15. The maximum absolute atomic E-state index is 5.79. The van der Waals surface area contributed by atoms with E-state index in [-0.39, 0.29) is 5.54 Å². The van der Waals surface area contributed by atoms with Gasteiger partial charge >= 0.3 is 0 Å². The average molecular weight is 284 g/mol. The summed E-state index contributed by atoms with van der Waals surface area (Å²) >= 11 is 0. The van der Waals surface area contributed by atoms with Crippen LogP contribution in [0.2, 0.25) is 0 Å². The second-order valence-corrected chi connectivity index (χ2v) is 7.47. The van der Waals surface area contributed by atoms with Crippen molar-refractivity contribution in [3.05, 3.63) is 0 Å². The molecule has 3 heteroatoms. The Morgan fingerprint density at radius 2 is 1.95 bits per heavy atom. The van der Waals surface area contributed by atoms with Crippen LogP contribution >= 0.6 is 0 Å². The van der Waals surface area contributed by atoms with Crippen molar-refractivity contribution in [1.29, 1.82) is 0 Å². The second-order valence-electron chi connectivity index (χ2n) is 7.47. The molecule has 0 aromatic carbocycles. The van der Waals surface area contributed by atoms with E-state index in [4.69, 9.17) is 4.74 Å². The van der Waals surface area contributed by atoms with Crippen LogP contribution in [-0.2, 0) is 4.74 Å². The Morgan fingerprint density at radius 3 is 2.50 bits per heavy atom. The first-order valence-electron chi connectivity index (χ1n) is 8.43. The lowest BCUT2D eigenvalue weighted by atomic mass is 9.90. The third-order valence-corrected chi connectivity index (χ3v) is 4.45. The van der Waals surface area contributed by atoms with E-state index in [1.165, 1.54) is 12.8 Å². The minimum atomic E-state index is 0.286. The van der Waals surface area contributed by atoms with Crippen LogP contribution in [0.5, 0.6) is 0 Å². The van der Waals surface area contributed by atoms with Crippen LogP contribution in [0.1, 0.15) is 54.4 Å². The number of nitrogens with one attached hydrogen (secondary N) is 1. The molecule has 20 heavy (non-hydrogen) atoms. The van der Waals surface area contributed by atoms with Crippen LogP contribution < -0.4 is 5.32 Å². The maximum atomic E-state index is 5.79. The zero-order valence-corrected chi connectivity index (χ0v) is 14.5. The molecular weight excluding hydrogens is 248 g/mol. The summed E-state index contributed by atoms with van der Waals surface area (Å²) in [7, 11) is 0. The zero-order chi connectivity index (χ0) is 15.2. The molecule has 1 aliphatic heterocycles. The monoisotopic (exact) mass is 284 g/mol. The minimum absolute atomic E-state index is 0.286. The maximum Gasteiger partial charge on any atom is 0.0593 e. The van der Waals surface area contributed by atoms with Gasteiger partial charge in [0.25, 0.3) is 0 Å². The summed E-state index contributed by atoms with van der Waals surface area (Å²) < 4.78 is 5.79. The van der Waals surface area contributed by atoms with Gasteiger partial charge < -0.3 is 10.1 Å². The quantitative estimate of drug-likeness (QED) is 0.693. The molecule has 0 bridgehead atoms. The van der Waals surface area contributed by atoms with Gasteiger partial charge in [-0.2, -0.15) is 0 Å². The lowest BCUT2D eigenvalue weighted by Gasteiger charge is -2.48. The van der Waals surface area contributed by atoms with Crippen LogP contribution in [0.15, 0.2) is 0 Å². The molecule has 0 aromatic heterocycles. The van der Waals surface area contributed by atoms with E-state index < -0.39 is 0 Å². The summed E-state index contributed by atoms with van der Waals surface area (Å²) in [6.45, 7) is 18.8. The molecule has 1 rings (SSSR count). The first kappa shape index (κ1) is 17.9. The van der Waals surface area contributed by atoms with Crippen LogP contribution in [0, 0.1) is 11.8 Å². The Labute approximate surface area is 126 Å². The second kappa shape index (κ2) is 8.35. The molecule has 2 atom stereocenters. The van der Waals surface area contributed by atoms with E-state index >= 15 is 0 Å². The van der Waals surface area contributed by atoms with Crippen LogP contribution in [0.4, 0.5) is 0 Å². The molecule has 0 saturated carbocycles. The van der Waals surface area contributed by atoms with Crippen molar-refractivity contribution in [2.24, 2.45) is 11.8 Å². The zero-order valence-electron chi connectivity index (χ0n) is 14.5. The van der Waals surface area contributed by atoms with Gasteiger partial charge in [-0.3, -0.25) is 4.90 Å². The fourth-order valence-electron chi connectivity index (χ4n) is 2.96. The highest BCUT2D eigenvalue weighted by Gasteiger charge is 2.35. The van der Waals surface area contributed by atoms with E-state index in [2.05, 4.69) is 51.8 Å². The van der Waals surface area contributed by atoms with Crippen molar-refractivity contribution in [3.63, 3.8) is 0 Å². The third-order valence-electron chi connectivity index (χ3n) is 4.45. The van der Waals surface area contributed by atoms with Crippen molar-refractivity contribution < 1.29 is 4.74 Å². The number of ether oxygens (including phenoxy) is 1. The molecule has 1 heterocycles. The molecule has 3 nitrogen and oxygen atoms in total. The van der Waals surface area contributed by atoms with Gasteiger partial charge in [0, 0.05) is 37.8 Å². The molecule has 0 aromatic rings. The Balaban J connectivity index is 2.47. The topological polar surface area (TPSA) is 24.5 Å². The lowest BCUT2D eigenvalue weighted by Crippen LogP contribution is -2.63. The fraction of sp³-hybridized carbons (Fsp3) is 1.00. The molecule has 1 fully saturated rings. The summed E-state index contributed by atoms with van der Waals surface area (Å²) in [5.41, 5.74) is 0.286. The Kier molecular flexibility index (Phi) is 7.49. The van der Waals surface area contributed by atoms with Crippen molar-refractivity contribution in [1.82, 2.24) is 10.2 Å². The average Bonchev–Trinajstić information content (AvgIpc) is 2.37. The smallest absolute Gasteiger partial charge is 0.0593 e. The van der Waals surface area contributed by atoms with E-state index in [1.54, 1.807) is 0 Å². The number of hydrogen-bond donors (Lipinski definition) is 1. The summed E-state index contributed by atoms with van der Waals surface area (Å²) in [6, 6.07) is 0.639. The first-order chi connectivity index (χ1) is 9.37. The Hall–Kier alpha value is -0.120. The van der Waals surface area contributed by atoms with Crippen LogP contribution in [0.3, 0.4) is 0 Å². The number of piperazine rings is 1. The molecule has 1 saturated heterocycles. The summed E-state index contributed by atoms with van der Waals surface area (Å²) in [6.07, 6.45) is 2.46. The van der Waals surface area contributed by atoms with Crippen LogP contribution in [0.25, 0.3) is 0 Å². The highest BCUT2D eigenvalue weighted by atomic mass is 16.5. The standard InChI is InChI=1S/C17H36N2O/c1-7-17(6)13-18-16(10-14(2)3)11-19(17)8-9-20-12-15(4)5/h14-16,18H,7-13H2,1-6H3. The van der Waals surface area contributed by atoms with Crippen molar-refractivity contribution >= 4 is 0 Å². The van der Waals surface area contributed by atoms with Gasteiger partial charge in [0.1, 0.15) is 0 Å². The third kappa shape index (κ3) is 5.71. The molecule has 1 aliphatic rings. The summed E-state index contributed by atoms with van der Waals surface area (Å²) in [5, 5.41) is 3.75. The highest BCUT2D eigenvalue weighted by molar-refractivity contribution is 4.95. The van der Waals surface area contributed by atoms with E-state index in [1.807, 2.05) is 0 Å². The molecular formula is C17H36N2O. The Bertz CT molecular complexity index is 268. The van der Waals surface area contributed by atoms with Gasteiger partial charge in [-0.05, 0) is 31.6 Å². The van der Waals surface area contributed by atoms with Gasteiger partial charge in [-0.1, -0.05) is 34.6 Å². The normalized spacial score (nSPS) is 28.5. The predicted molar refractivity (Wildman–Crippen MR) is 87.2 cm³/mol. The number of hydrogen-bond acceptors (Lipinski definition) is 3. The Morgan fingerprint density at radius 1 is 1.25 bits per heavy atom. The summed E-state index contributed by atoms with van der Waals surface area (Å²) in [4.78, 5) is 2.65. The van der Waals surface area contributed by atoms with Gasteiger partial charge in [-0.15, -0.1) is 0 Å². The lowest BCUT2D eigenvalue weighted by molar-refractivity contribution is 0.00989. The minimum Gasteiger partial charge on any atom is -0.380 e. The van der Waals surface area contributed by atoms with Crippen molar-refractivity contribution in [2.45, 2.75) is 66.0 Å². The van der Waals surface area contributed by atoms with Gasteiger partial charge in [0.05, 0.1) is 6.61 Å². The van der Waals surface area contributed by atoms with Crippen LogP contribution in [-0.4, -0.2) is 49.3 Å². The van der Waals surface area contributed by atoms with Crippen molar-refractivity contribution in [2.75, 3.05) is 32.8 Å².